The Morgan fingerprint density at radius 1 is 1.83 bits per heavy atom. The van der Waals surface area contributed by atoms with Crippen LogP contribution in [0.15, 0.2) is 12.7 Å². The second-order valence-electron chi connectivity index (χ2n) is 3.20. The Hall–Kier alpha value is -0.830. The van der Waals surface area contributed by atoms with Crippen molar-refractivity contribution in [3.8, 4) is 0 Å². The highest BCUT2D eigenvalue weighted by atomic mass is 16.2. The Kier molecular flexibility index (Phi) is 3.29. The van der Waals surface area contributed by atoms with E-state index in [4.69, 9.17) is 0 Å². The zero-order chi connectivity index (χ0) is 8.97. The highest BCUT2D eigenvalue weighted by molar-refractivity contribution is 5.79. The van der Waals surface area contributed by atoms with Crippen LogP contribution in [0.1, 0.15) is 6.42 Å². The molecule has 0 aromatic heterocycles. The van der Waals surface area contributed by atoms with Gasteiger partial charge in [0.2, 0.25) is 5.91 Å². The van der Waals surface area contributed by atoms with Gasteiger partial charge in [-0.05, 0) is 13.0 Å². The van der Waals surface area contributed by atoms with Crippen molar-refractivity contribution in [2.75, 3.05) is 26.7 Å². The SMILES string of the molecule is C=CCN(C)C(=O)C1CCNC1. The number of amides is 1. The van der Waals surface area contributed by atoms with E-state index in [1.54, 1.807) is 11.0 Å². The summed E-state index contributed by atoms with van der Waals surface area (Å²) in [5, 5.41) is 3.18. The molecule has 1 unspecified atom stereocenters. The van der Waals surface area contributed by atoms with Crippen LogP contribution in [0.4, 0.5) is 0 Å². The predicted octanol–water partition coefficient (Wildman–Crippen LogP) is 0.240. The van der Waals surface area contributed by atoms with Gasteiger partial charge in [-0.25, -0.2) is 0 Å². The van der Waals surface area contributed by atoms with Crippen LogP contribution in [0.2, 0.25) is 0 Å². The van der Waals surface area contributed by atoms with Crippen LogP contribution in [0.3, 0.4) is 0 Å². The number of carbonyl (C=O) groups is 1. The lowest BCUT2D eigenvalue weighted by Gasteiger charge is -2.18. The van der Waals surface area contributed by atoms with Crippen LogP contribution >= 0.6 is 0 Å². The van der Waals surface area contributed by atoms with Gasteiger partial charge in [0, 0.05) is 20.1 Å². The Balaban J connectivity index is 2.39. The molecule has 12 heavy (non-hydrogen) atoms. The fourth-order valence-corrected chi connectivity index (χ4v) is 1.46. The van der Waals surface area contributed by atoms with Gasteiger partial charge in [-0.15, -0.1) is 6.58 Å². The van der Waals surface area contributed by atoms with E-state index in [2.05, 4.69) is 11.9 Å². The molecule has 1 saturated heterocycles. The fraction of sp³-hybridized carbons (Fsp3) is 0.667. The fourth-order valence-electron chi connectivity index (χ4n) is 1.46. The van der Waals surface area contributed by atoms with Crippen LogP contribution in [0.5, 0.6) is 0 Å². The minimum atomic E-state index is 0.190. The average Bonchev–Trinajstić information content (AvgIpc) is 2.55. The molecule has 3 nitrogen and oxygen atoms in total. The van der Waals surface area contributed by atoms with Crippen molar-refractivity contribution in [2.45, 2.75) is 6.42 Å². The number of rotatable bonds is 3. The Morgan fingerprint density at radius 3 is 3.08 bits per heavy atom. The van der Waals surface area contributed by atoms with E-state index in [9.17, 15) is 4.79 Å². The second kappa shape index (κ2) is 4.26. The summed E-state index contributed by atoms with van der Waals surface area (Å²) in [7, 11) is 1.82. The molecule has 68 valence electrons. The molecule has 1 aliphatic rings. The van der Waals surface area contributed by atoms with E-state index in [-0.39, 0.29) is 11.8 Å². The second-order valence-corrected chi connectivity index (χ2v) is 3.20. The largest absolute Gasteiger partial charge is 0.342 e. The van der Waals surface area contributed by atoms with Crippen molar-refractivity contribution in [3.63, 3.8) is 0 Å². The molecule has 0 bridgehead atoms. The maximum Gasteiger partial charge on any atom is 0.227 e. The van der Waals surface area contributed by atoms with Crippen LogP contribution in [0, 0.1) is 5.92 Å². The molecule has 0 aromatic carbocycles. The molecule has 1 atom stereocenters. The summed E-state index contributed by atoms with van der Waals surface area (Å²) in [4.78, 5) is 13.3. The number of hydrogen-bond acceptors (Lipinski definition) is 2. The van der Waals surface area contributed by atoms with E-state index in [1.807, 2.05) is 7.05 Å². The molecule has 1 heterocycles. The Labute approximate surface area is 73.4 Å². The van der Waals surface area contributed by atoms with Crippen molar-refractivity contribution in [3.05, 3.63) is 12.7 Å². The molecule has 0 aliphatic carbocycles. The molecule has 3 heteroatoms. The Bertz CT molecular complexity index is 173. The van der Waals surface area contributed by atoms with Gasteiger partial charge in [0.1, 0.15) is 0 Å². The van der Waals surface area contributed by atoms with Crippen molar-refractivity contribution in [2.24, 2.45) is 5.92 Å². The van der Waals surface area contributed by atoms with Crippen molar-refractivity contribution < 1.29 is 4.79 Å². The molecule has 0 radical (unpaired) electrons. The molecule has 1 amide bonds. The third kappa shape index (κ3) is 2.08. The monoisotopic (exact) mass is 168 g/mol. The zero-order valence-corrected chi connectivity index (χ0v) is 7.55. The first kappa shape index (κ1) is 9.26. The molecule has 0 aromatic rings. The lowest BCUT2D eigenvalue weighted by atomic mass is 10.1. The molecule has 1 N–H and O–H groups in total. The van der Waals surface area contributed by atoms with Gasteiger partial charge in [0.25, 0.3) is 0 Å². The summed E-state index contributed by atoms with van der Waals surface area (Å²) >= 11 is 0. The predicted molar refractivity (Wildman–Crippen MR) is 48.8 cm³/mol. The van der Waals surface area contributed by atoms with E-state index in [1.165, 1.54) is 0 Å². The standard InChI is InChI=1S/C9H16N2O/c1-3-6-11(2)9(12)8-4-5-10-7-8/h3,8,10H,1,4-7H2,2H3. The molecule has 1 aliphatic heterocycles. The molecular weight excluding hydrogens is 152 g/mol. The number of likely N-dealkylation sites (N-methyl/N-ethyl adjacent to an activating group) is 1. The van der Waals surface area contributed by atoms with E-state index in [0.717, 1.165) is 19.5 Å². The number of nitrogens with zero attached hydrogens (tertiary/aromatic N) is 1. The summed E-state index contributed by atoms with van der Waals surface area (Å²) in [6.07, 6.45) is 2.72. The molecule has 0 saturated carbocycles. The van der Waals surface area contributed by atoms with E-state index in [0.29, 0.717) is 6.54 Å². The lowest BCUT2D eigenvalue weighted by molar-refractivity contribution is -0.133. The van der Waals surface area contributed by atoms with Gasteiger partial charge in [-0.1, -0.05) is 6.08 Å². The van der Waals surface area contributed by atoms with Gasteiger partial charge < -0.3 is 10.2 Å². The first-order valence-corrected chi connectivity index (χ1v) is 4.32. The van der Waals surface area contributed by atoms with Gasteiger partial charge in [0.15, 0.2) is 0 Å². The maximum atomic E-state index is 11.6. The zero-order valence-electron chi connectivity index (χ0n) is 7.55. The summed E-state index contributed by atoms with van der Waals surface area (Å²) in [6.45, 7) is 6.05. The summed E-state index contributed by atoms with van der Waals surface area (Å²) < 4.78 is 0. The molecule has 1 rings (SSSR count). The Morgan fingerprint density at radius 2 is 2.58 bits per heavy atom. The van der Waals surface area contributed by atoms with Crippen LogP contribution in [0.25, 0.3) is 0 Å². The van der Waals surface area contributed by atoms with Crippen LogP contribution in [-0.4, -0.2) is 37.5 Å². The van der Waals surface area contributed by atoms with E-state index < -0.39 is 0 Å². The summed E-state index contributed by atoms with van der Waals surface area (Å²) in [5.41, 5.74) is 0. The number of nitrogens with one attached hydrogen (secondary N) is 1. The third-order valence-electron chi connectivity index (χ3n) is 2.19. The average molecular weight is 168 g/mol. The van der Waals surface area contributed by atoms with Crippen LogP contribution < -0.4 is 5.32 Å². The van der Waals surface area contributed by atoms with Gasteiger partial charge >= 0.3 is 0 Å². The minimum absolute atomic E-state index is 0.190. The van der Waals surface area contributed by atoms with Gasteiger partial charge in [-0.3, -0.25) is 4.79 Å². The van der Waals surface area contributed by atoms with Gasteiger partial charge in [-0.2, -0.15) is 0 Å². The highest BCUT2D eigenvalue weighted by Gasteiger charge is 2.24. The van der Waals surface area contributed by atoms with Crippen molar-refractivity contribution in [1.29, 1.82) is 0 Å². The molecule has 0 spiro atoms. The molecular formula is C9H16N2O. The topological polar surface area (TPSA) is 32.3 Å². The first-order chi connectivity index (χ1) is 5.75. The number of hydrogen-bond donors (Lipinski definition) is 1. The first-order valence-electron chi connectivity index (χ1n) is 4.32. The minimum Gasteiger partial charge on any atom is -0.342 e. The summed E-state index contributed by atoms with van der Waals surface area (Å²) in [6, 6.07) is 0. The van der Waals surface area contributed by atoms with Crippen molar-refractivity contribution in [1.82, 2.24) is 10.2 Å². The quantitative estimate of drug-likeness (QED) is 0.612. The number of carbonyl (C=O) groups excluding carboxylic acids is 1. The smallest absolute Gasteiger partial charge is 0.227 e. The van der Waals surface area contributed by atoms with E-state index >= 15 is 0 Å². The van der Waals surface area contributed by atoms with Gasteiger partial charge in [0.05, 0.1) is 5.92 Å². The summed E-state index contributed by atoms with van der Waals surface area (Å²) in [5.74, 6) is 0.426. The normalized spacial score (nSPS) is 22.2. The third-order valence-corrected chi connectivity index (χ3v) is 2.19. The lowest BCUT2D eigenvalue weighted by Crippen LogP contribution is -2.33. The highest BCUT2D eigenvalue weighted by Crippen LogP contribution is 2.10. The maximum absolute atomic E-state index is 11.6. The van der Waals surface area contributed by atoms with Crippen LogP contribution in [-0.2, 0) is 4.79 Å². The van der Waals surface area contributed by atoms with Crippen molar-refractivity contribution >= 4 is 5.91 Å². The molecule has 1 fully saturated rings.